The Hall–Kier alpha value is -7.54. The summed E-state index contributed by atoms with van der Waals surface area (Å²) in [6.45, 7) is 0.0361. The van der Waals surface area contributed by atoms with E-state index in [4.69, 9.17) is 25.2 Å². The molecule has 8 aromatic rings. The normalized spacial score (nSPS) is 17.0. The first-order chi connectivity index (χ1) is 32.6. The van der Waals surface area contributed by atoms with Crippen LogP contribution in [-0.4, -0.2) is 79.0 Å². The van der Waals surface area contributed by atoms with E-state index in [2.05, 4.69) is 76.9 Å². The van der Waals surface area contributed by atoms with E-state index in [0.29, 0.717) is 17.5 Å². The molecule has 0 saturated heterocycles. The molecule has 0 bridgehead atoms. The summed E-state index contributed by atoms with van der Waals surface area (Å²) in [7, 11) is 2.79. The molecule has 344 valence electrons. The van der Waals surface area contributed by atoms with Crippen LogP contribution in [0.15, 0.2) is 86.0 Å². The number of rotatable bonds is 11. The third-order valence-corrected chi connectivity index (χ3v) is 12.8. The minimum Gasteiger partial charge on any atom is -0.494 e. The van der Waals surface area contributed by atoms with Crippen LogP contribution in [0, 0.1) is 11.6 Å². The van der Waals surface area contributed by atoms with Crippen LogP contribution in [0.4, 0.5) is 8.78 Å². The van der Waals surface area contributed by atoms with Crippen molar-refractivity contribution in [1.82, 2.24) is 53.2 Å². The molecule has 2 unspecified atom stereocenters. The lowest BCUT2D eigenvalue weighted by molar-refractivity contribution is 0.0683. The van der Waals surface area contributed by atoms with Gasteiger partial charge in [-0.15, -0.1) is 0 Å². The van der Waals surface area contributed by atoms with E-state index in [1.807, 2.05) is 15.3 Å². The SMILES string of the molecule is COc1ccnc(CN)c1F.COc1ccnc(CNC(=O)c2cnc3n2C(c2cn4cc(C5CC5)ccc4n2)CC3)c1F.O=C(O)c1cnc2n1C(c1cn3cc(C4CC4)ccc3n1)CC2. The highest BCUT2D eigenvalue weighted by Crippen LogP contribution is 2.41. The summed E-state index contributed by atoms with van der Waals surface area (Å²) < 4.78 is 45.0. The Labute approximate surface area is 382 Å². The third kappa shape index (κ3) is 8.57. The number of hydrogen-bond acceptors (Lipinski definition) is 11. The first-order valence-corrected chi connectivity index (χ1v) is 22.3. The number of aromatic nitrogens is 10. The molecule has 19 heteroatoms. The Kier molecular flexibility index (Phi) is 11.7. The average Bonchev–Trinajstić information content (AvgIpc) is 3.96. The quantitative estimate of drug-likeness (QED) is 0.123. The van der Waals surface area contributed by atoms with Crippen molar-refractivity contribution in [3.8, 4) is 11.5 Å². The van der Waals surface area contributed by atoms with Crippen LogP contribution in [-0.2, 0) is 25.9 Å². The van der Waals surface area contributed by atoms with Crippen molar-refractivity contribution >= 4 is 23.2 Å². The predicted molar refractivity (Wildman–Crippen MR) is 239 cm³/mol. The summed E-state index contributed by atoms with van der Waals surface area (Å²) in [4.78, 5) is 50.4. The van der Waals surface area contributed by atoms with E-state index in [0.717, 1.165) is 60.0 Å². The highest BCUT2D eigenvalue weighted by atomic mass is 19.1. The Morgan fingerprint density at radius 3 is 1.67 bits per heavy atom. The molecule has 2 aliphatic carbocycles. The number of aryl methyl sites for hydroxylation is 2. The lowest BCUT2D eigenvalue weighted by atomic mass is 10.1. The molecule has 1 amide bonds. The lowest BCUT2D eigenvalue weighted by Crippen LogP contribution is -2.27. The van der Waals surface area contributed by atoms with Crippen LogP contribution in [0.1, 0.15) is 129 Å². The van der Waals surface area contributed by atoms with Gasteiger partial charge in [0.25, 0.3) is 5.91 Å². The molecule has 2 atom stereocenters. The van der Waals surface area contributed by atoms with Crippen molar-refractivity contribution in [1.29, 1.82) is 0 Å². The van der Waals surface area contributed by atoms with E-state index in [-0.39, 0.29) is 59.7 Å². The molecular formula is C48H48F2N12O5. The fourth-order valence-electron chi connectivity index (χ4n) is 9.00. The summed E-state index contributed by atoms with van der Waals surface area (Å²) in [5.74, 6) is 1.03. The van der Waals surface area contributed by atoms with Gasteiger partial charge in [-0.25, -0.2) is 33.5 Å². The monoisotopic (exact) mass is 910 g/mol. The number of imidazole rings is 4. The number of halogens is 2. The highest BCUT2D eigenvalue weighted by Gasteiger charge is 2.33. The fourth-order valence-corrected chi connectivity index (χ4v) is 9.00. The number of carboxylic acids is 1. The van der Waals surface area contributed by atoms with Crippen molar-refractivity contribution in [3.05, 3.63) is 155 Å². The molecule has 2 saturated carbocycles. The van der Waals surface area contributed by atoms with E-state index >= 15 is 0 Å². The number of carboxylic acid groups (broad SMARTS) is 1. The van der Waals surface area contributed by atoms with Crippen LogP contribution in [0.3, 0.4) is 0 Å². The van der Waals surface area contributed by atoms with Crippen LogP contribution in [0.2, 0.25) is 0 Å². The molecule has 0 aromatic carbocycles. The van der Waals surface area contributed by atoms with Gasteiger partial charge in [0.2, 0.25) is 0 Å². The first-order valence-electron chi connectivity index (χ1n) is 22.3. The second-order valence-electron chi connectivity index (χ2n) is 17.0. The van der Waals surface area contributed by atoms with Gasteiger partial charge in [0.05, 0.1) is 68.0 Å². The molecule has 4 N–H and O–H groups in total. The molecule has 2 aliphatic heterocycles. The molecule has 2 fully saturated rings. The number of carbonyl (C=O) groups is 2. The number of pyridine rings is 4. The Bertz CT molecular complexity index is 3130. The maximum Gasteiger partial charge on any atom is 0.354 e. The van der Waals surface area contributed by atoms with Crippen LogP contribution in [0.25, 0.3) is 11.3 Å². The van der Waals surface area contributed by atoms with Crippen molar-refractivity contribution in [3.63, 3.8) is 0 Å². The molecule has 10 heterocycles. The van der Waals surface area contributed by atoms with Crippen molar-refractivity contribution in [2.24, 2.45) is 5.73 Å². The lowest BCUT2D eigenvalue weighted by Gasteiger charge is -2.14. The summed E-state index contributed by atoms with van der Waals surface area (Å²) >= 11 is 0. The van der Waals surface area contributed by atoms with Crippen molar-refractivity contribution < 1.29 is 33.0 Å². The van der Waals surface area contributed by atoms with Gasteiger partial charge >= 0.3 is 5.97 Å². The number of ether oxygens (including phenoxy) is 2. The topological polar surface area (TPSA) is 207 Å². The smallest absolute Gasteiger partial charge is 0.354 e. The number of methoxy groups -OCH3 is 2. The molecule has 67 heavy (non-hydrogen) atoms. The van der Waals surface area contributed by atoms with Gasteiger partial charge in [-0.05, 0) is 73.6 Å². The largest absolute Gasteiger partial charge is 0.494 e. The number of aromatic carboxylic acids is 1. The van der Waals surface area contributed by atoms with Gasteiger partial charge < -0.3 is 43.6 Å². The Balaban J connectivity index is 0.000000133. The Morgan fingerprint density at radius 1 is 0.687 bits per heavy atom. The molecule has 12 rings (SSSR count). The summed E-state index contributed by atoms with van der Waals surface area (Å²) in [5, 5.41) is 12.1. The van der Waals surface area contributed by atoms with E-state index in [1.54, 1.807) is 6.20 Å². The maximum atomic E-state index is 14.4. The van der Waals surface area contributed by atoms with Gasteiger partial charge in [0.1, 0.15) is 34.3 Å². The molecule has 0 radical (unpaired) electrons. The zero-order chi connectivity index (χ0) is 46.3. The van der Waals surface area contributed by atoms with Crippen LogP contribution >= 0.6 is 0 Å². The molecule has 8 aromatic heterocycles. The fraction of sp³-hybridized carbons (Fsp3) is 0.333. The van der Waals surface area contributed by atoms with Crippen molar-refractivity contribution in [2.45, 2.75) is 88.4 Å². The van der Waals surface area contributed by atoms with Crippen molar-refractivity contribution in [2.75, 3.05) is 14.2 Å². The minimum absolute atomic E-state index is 0.0390. The van der Waals surface area contributed by atoms with Gasteiger partial charge in [-0.3, -0.25) is 14.8 Å². The number of carbonyl (C=O) groups excluding carboxylic acids is 1. The number of nitrogens with two attached hydrogens (primary N) is 1. The van der Waals surface area contributed by atoms with E-state index in [1.165, 1.54) is 81.8 Å². The van der Waals surface area contributed by atoms with Gasteiger partial charge in [0.15, 0.2) is 23.1 Å². The van der Waals surface area contributed by atoms with E-state index in [9.17, 15) is 23.5 Å². The predicted octanol–water partition coefficient (Wildman–Crippen LogP) is 6.75. The average molecular weight is 911 g/mol. The number of fused-ring (bicyclic) bond motifs is 4. The first kappa shape index (κ1) is 43.4. The number of nitrogens with one attached hydrogen (secondary N) is 1. The number of nitrogens with zero attached hydrogens (tertiary/aromatic N) is 10. The highest BCUT2D eigenvalue weighted by molar-refractivity contribution is 5.92. The molecular weight excluding hydrogens is 863 g/mol. The third-order valence-electron chi connectivity index (χ3n) is 12.8. The van der Waals surface area contributed by atoms with E-state index < -0.39 is 17.6 Å². The van der Waals surface area contributed by atoms with Gasteiger partial charge in [0, 0.05) is 68.7 Å². The number of amides is 1. The van der Waals surface area contributed by atoms with Gasteiger partial charge in [-0.2, -0.15) is 0 Å². The molecule has 4 aliphatic rings. The maximum absolute atomic E-state index is 14.4. The molecule has 0 spiro atoms. The van der Waals surface area contributed by atoms with Crippen LogP contribution < -0.4 is 20.5 Å². The summed E-state index contributed by atoms with van der Waals surface area (Å²) in [5.41, 5.74) is 12.6. The summed E-state index contributed by atoms with van der Waals surface area (Å²) in [6, 6.07) is 11.2. The zero-order valence-electron chi connectivity index (χ0n) is 36.8. The minimum atomic E-state index is -0.935. The van der Waals surface area contributed by atoms with Gasteiger partial charge in [-0.1, -0.05) is 12.1 Å². The second-order valence-corrected chi connectivity index (χ2v) is 17.0. The summed E-state index contributed by atoms with van der Waals surface area (Å²) in [6.07, 6.45) is 22.6. The van der Waals surface area contributed by atoms with Crippen LogP contribution in [0.5, 0.6) is 11.5 Å². The molecule has 17 nitrogen and oxygen atoms in total. The number of hydrogen-bond donors (Lipinski definition) is 3. The zero-order valence-corrected chi connectivity index (χ0v) is 36.8. The second kappa shape index (κ2) is 18.0. The Morgan fingerprint density at radius 2 is 1.18 bits per heavy atom. The standard InChI is InChI=1S/C24H23FN6O2.C17H16N4O2.C7H9FN2O/c1-33-20-8-9-26-16(23(20)25)10-28-24(32)19-11-27-21-7-5-18(31(19)21)17-13-30-12-15(14-2-3-14)4-6-22(30)29-17;22-17(23)14-7-18-15-6-4-13(21(14)15)12-9-20-8-11(10-1-2-10)3-5-16(20)19-12;1-11-6-2-3-10-5(4-9)7(6)8/h4,6,8-9,11-14,18H,2-3,5,7,10H2,1H3,(H,28,32);3,5,7-10,13H,1-2,4,6H2,(H,22,23);2-3H,4,9H2,1H3.